The number of alkyl halides is 3. The first-order chi connectivity index (χ1) is 16.5. The van der Waals surface area contributed by atoms with E-state index >= 15 is 0 Å². The van der Waals surface area contributed by atoms with Crippen molar-refractivity contribution in [3.05, 3.63) is 88.9 Å². The number of nitrogens with one attached hydrogen (secondary N) is 1. The highest BCUT2D eigenvalue weighted by atomic mass is 35.5. The SMILES string of the molecule is O=C(O)Cc1c(-c2ccc(Cl)c(S(=O)(=O)N(Cc3ccccc3)C(F)(F)F)c2)[nH]c2ccccc12. The maximum Gasteiger partial charge on any atom is 0.473 e. The molecule has 0 saturated carbocycles. The van der Waals surface area contributed by atoms with Crippen molar-refractivity contribution in [3.63, 3.8) is 0 Å². The highest BCUT2D eigenvalue weighted by Gasteiger charge is 2.47. The number of hydrogen-bond donors (Lipinski definition) is 2. The summed E-state index contributed by atoms with van der Waals surface area (Å²) in [6, 6.07) is 17.9. The van der Waals surface area contributed by atoms with Gasteiger partial charge in [0, 0.05) is 17.4 Å². The average molecular weight is 523 g/mol. The van der Waals surface area contributed by atoms with Crippen LogP contribution >= 0.6 is 11.6 Å². The topological polar surface area (TPSA) is 90.5 Å². The van der Waals surface area contributed by atoms with E-state index in [4.69, 9.17) is 11.6 Å². The van der Waals surface area contributed by atoms with Crippen LogP contribution in [-0.2, 0) is 27.8 Å². The molecule has 1 aromatic heterocycles. The summed E-state index contributed by atoms with van der Waals surface area (Å²) < 4.78 is 67.7. The maximum atomic E-state index is 13.9. The average Bonchev–Trinajstić information content (AvgIpc) is 3.15. The van der Waals surface area contributed by atoms with Crippen LogP contribution in [0.15, 0.2) is 77.7 Å². The molecule has 2 N–H and O–H groups in total. The number of aliphatic carboxylic acids is 1. The summed E-state index contributed by atoms with van der Waals surface area (Å²) >= 11 is 6.09. The number of rotatable bonds is 7. The second-order valence-corrected chi connectivity index (χ2v) is 9.94. The molecule has 0 saturated heterocycles. The molecule has 0 unspecified atom stereocenters. The van der Waals surface area contributed by atoms with Gasteiger partial charge in [-0.3, -0.25) is 4.79 Å². The van der Waals surface area contributed by atoms with Gasteiger partial charge in [0.2, 0.25) is 0 Å². The van der Waals surface area contributed by atoms with Gasteiger partial charge in [0.25, 0.3) is 10.0 Å². The molecule has 0 amide bonds. The molecule has 1 heterocycles. The Bertz CT molecular complexity index is 1500. The summed E-state index contributed by atoms with van der Waals surface area (Å²) in [6.07, 6.45) is -5.60. The van der Waals surface area contributed by atoms with Crippen LogP contribution in [0.2, 0.25) is 5.02 Å². The Morgan fingerprint density at radius 3 is 2.31 bits per heavy atom. The summed E-state index contributed by atoms with van der Waals surface area (Å²) in [5.74, 6) is -1.12. The first-order valence-electron chi connectivity index (χ1n) is 10.2. The zero-order valence-electron chi connectivity index (χ0n) is 17.9. The van der Waals surface area contributed by atoms with E-state index in [9.17, 15) is 31.5 Å². The Hall–Kier alpha value is -3.34. The zero-order chi connectivity index (χ0) is 25.4. The number of halogens is 4. The molecule has 6 nitrogen and oxygen atoms in total. The van der Waals surface area contributed by atoms with Crippen molar-refractivity contribution in [3.8, 4) is 11.3 Å². The largest absolute Gasteiger partial charge is 0.481 e. The van der Waals surface area contributed by atoms with Gasteiger partial charge in [-0.25, -0.2) is 8.42 Å². The minimum absolute atomic E-state index is 0.139. The predicted octanol–water partition coefficient (Wildman–Crippen LogP) is 5.83. The third-order valence-electron chi connectivity index (χ3n) is 5.38. The van der Waals surface area contributed by atoms with Crippen LogP contribution in [0.5, 0.6) is 0 Å². The molecule has 4 aromatic rings. The number of aromatic amines is 1. The van der Waals surface area contributed by atoms with Crippen LogP contribution in [0.25, 0.3) is 22.2 Å². The molecule has 0 aliphatic heterocycles. The molecule has 0 aliphatic carbocycles. The van der Waals surface area contributed by atoms with Gasteiger partial charge in [-0.1, -0.05) is 66.2 Å². The molecule has 0 aliphatic rings. The Morgan fingerprint density at radius 1 is 1.00 bits per heavy atom. The van der Waals surface area contributed by atoms with Crippen LogP contribution < -0.4 is 0 Å². The molecule has 182 valence electrons. The third kappa shape index (κ3) is 5.04. The minimum atomic E-state index is -5.22. The van der Waals surface area contributed by atoms with Crippen molar-refractivity contribution < 1.29 is 31.5 Å². The zero-order valence-corrected chi connectivity index (χ0v) is 19.5. The molecule has 0 fully saturated rings. The quantitative estimate of drug-likeness (QED) is 0.299. The molecule has 3 aromatic carbocycles. The predicted molar refractivity (Wildman–Crippen MR) is 125 cm³/mol. The summed E-state index contributed by atoms with van der Waals surface area (Å²) in [7, 11) is -5.14. The van der Waals surface area contributed by atoms with E-state index in [0.717, 1.165) is 6.07 Å². The first-order valence-corrected chi connectivity index (χ1v) is 12.0. The number of hydrogen-bond acceptors (Lipinski definition) is 3. The molecule has 4 rings (SSSR count). The number of fused-ring (bicyclic) bond motifs is 1. The number of para-hydroxylation sites is 1. The Morgan fingerprint density at radius 2 is 1.66 bits per heavy atom. The lowest BCUT2D eigenvalue weighted by molar-refractivity contribution is -0.213. The van der Waals surface area contributed by atoms with Crippen molar-refractivity contribution >= 4 is 38.5 Å². The van der Waals surface area contributed by atoms with Crippen LogP contribution in [0.1, 0.15) is 11.1 Å². The second-order valence-electron chi connectivity index (χ2n) is 7.70. The summed E-state index contributed by atoms with van der Waals surface area (Å²) in [5.41, 5.74) is 1.57. The van der Waals surface area contributed by atoms with Crippen LogP contribution in [0.4, 0.5) is 13.2 Å². The third-order valence-corrected chi connectivity index (χ3v) is 7.63. The number of carboxylic acids is 1. The molecular formula is C24H18ClF3N2O4S. The standard InChI is InChI=1S/C24H18ClF3N2O4S/c25-19-11-10-16(23-18(13-22(31)32)17-8-4-5-9-20(17)29-23)12-21(19)35(33,34)30(24(26,27)28)14-15-6-2-1-3-7-15/h1-12,29H,13-14H2,(H,31,32). The van der Waals surface area contributed by atoms with Crippen LogP contribution in [0, 0.1) is 0 Å². The van der Waals surface area contributed by atoms with Gasteiger partial charge in [-0.15, -0.1) is 4.31 Å². The smallest absolute Gasteiger partial charge is 0.473 e. The number of aromatic nitrogens is 1. The molecule has 0 bridgehead atoms. The lowest BCUT2D eigenvalue weighted by atomic mass is 10.0. The summed E-state index contributed by atoms with van der Waals surface area (Å²) in [4.78, 5) is 13.8. The van der Waals surface area contributed by atoms with Gasteiger partial charge < -0.3 is 10.1 Å². The Labute approximate surface area is 203 Å². The fourth-order valence-electron chi connectivity index (χ4n) is 3.82. The van der Waals surface area contributed by atoms with Gasteiger partial charge in [0.1, 0.15) is 4.90 Å². The number of nitrogens with zero attached hydrogens (tertiary/aromatic N) is 1. The normalized spacial score (nSPS) is 12.4. The van der Waals surface area contributed by atoms with Crippen molar-refractivity contribution in [1.82, 2.24) is 9.29 Å². The molecular weight excluding hydrogens is 505 g/mol. The minimum Gasteiger partial charge on any atom is -0.481 e. The highest BCUT2D eigenvalue weighted by Crippen LogP contribution is 2.37. The van der Waals surface area contributed by atoms with Crippen molar-refractivity contribution in [1.29, 1.82) is 0 Å². The second kappa shape index (κ2) is 9.37. The van der Waals surface area contributed by atoms with Crippen molar-refractivity contribution in [2.45, 2.75) is 24.2 Å². The van der Waals surface area contributed by atoms with Gasteiger partial charge in [0.15, 0.2) is 0 Å². The monoisotopic (exact) mass is 522 g/mol. The van der Waals surface area contributed by atoms with E-state index in [0.29, 0.717) is 16.5 Å². The number of carbonyl (C=O) groups is 1. The Kier molecular flexibility index (Phi) is 6.63. The van der Waals surface area contributed by atoms with Crippen LogP contribution in [0.3, 0.4) is 0 Å². The van der Waals surface area contributed by atoms with Gasteiger partial charge >= 0.3 is 12.3 Å². The molecule has 0 spiro atoms. The number of benzene rings is 3. The number of sulfonamides is 1. The summed E-state index contributed by atoms with van der Waals surface area (Å²) in [5, 5.41) is 9.59. The lowest BCUT2D eigenvalue weighted by Gasteiger charge is -2.25. The Balaban J connectivity index is 1.86. The van der Waals surface area contributed by atoms with E-state index in [2.05, 4.69) is 4.98 Å². The first kappa shape index (κ1) is 24.8. The van der Waals surface area contributed by atoms with Gasteiger partial charge in [-0.2, -0.15) is 13.2 Å². The van der Waals surface area contributed by atoms with E-state index in [1.54, 1.807) is 30.3 Å². The van der Waals surface area contributed by atoms with E-state index in [-0.39, 0.29) is 23.2 Å². The maximum absolute atomic E-state index is 13.9. The van der Waals surface area contributed by atoms with Crippen molar-refractivity contribution in [2.75, 3.05) is 0 Å². The molecule has 11 heteroatoms. The molecule has 0 radical (unpaired) electrons. The van der Waals surface area contributed by atoms with Gasteiger partial charge in [0.05, 0.1) is 17.1 Å². The van der Waals surface area contributed by atoms with Crippen LogP contribution in [-0.4, -0.2) is 35.1 Å². The fraction of sp³-hybridized carbons (Fsp3) is 0.125. The lowest BCUT2D eigenvalue weighted by Crippen LogP contribution is -2.42. The highest BCUT2D eigenvalue weighted by molar-refractivity contribution is 7.89. The van der Waals surface area contributed by atoms with E-state index in [1.165, 1.54) is 36.4 Å². The number of H-pyrrole nitrogens is 1. The number of carboxylic acid groups (broad SMARTS) is 1. The summed E-state index contributed by atoms with van der Waals surface area (Å²) in [6.45, 7) is -0.941. The molecule has 0 atom stereocenters. The van der Waals surface area contributed by atoms with E-state index < -0.39 is 43.1 Å². The fourth-order valence-corrected chi connectivity index (χ4v) is 5.65. The molecule has 35 heavy (non-hydrogen) atoms. The van der Waals surface area contributed by atoms with Gasteiger partial charge in [-0.05, 0) is 34.9 Å². The van der Waals surface area contributed by atoms with E-state index in [1.807, 2.05) is 0 Å². The van der Waals surface area contributed by atoms with Crippen molar-refractivity contribution in [2.24, 2.45) is 0 Å².